The van der Waals surface area contributed by atoms with Gasteiger partial charge in [-0.05, 0) is 62.1 Å². The van der Waals surface area contributed by atoms with E-state index in [1.165, 1.54) is 12.1 Å². The maximum atomic E-state index is 12.9. The smallest absolute Gasteiger partial charge is 0.253 e. The highest BCUT2D eigenvalue weighted by molar-refractivity contribution is 7.89. The lowest BCUT2D eigenvalue weighted by Crippen LogP contribution is -2.38. The molecule has 0 saturated carbocycles. The Morgan fingerprint density at radius 3 is 2.52 bits per heavy atom. The van der Waals surface area contributed by atoms with Gasteiger partial charge < -0.3 is 14.1 Å². The van der Waals surface area contributed by atoms with Crippen molar-refractivity contribution < 1.29 is 22.4 Å². The summed E-state index contributed by atoms with van der Waals surface area (Å²) in [5.74, 6) is 0.819. The Bertz CT molecular complexity index is 1190. The number of hydrogen-bond acceptors (Lipinski definition) is 6. The maximum absolute atomic E-state index is 12.9. The predicted molar refractivity (Wildman–Crippen MR) is 122 cm³/mol. The van der Waals surface area contributed by atoms with Gasteiger partial charge in [0.05, 0.1) is 11.0 Å². The van der Waals surface area contributed by atoms with E-state index in [-0.39, 0.29) is 29.4 Å². The zero-order valence-corrected chi connectivity index (χ0v) is 19.1. The first-order valence-corrected chi connectivity index (χ1v) is 12.8. The summed E-state index contributed by atoms with van der Waals surface area (Å²) in [6, 6.07) is 13.8. The number of ether oxygens (including phenoxy) is 1. The Hall–Kier alpha value is -2.75. The van der Waals surface area contributed by atoms with E-state index in [0.717, 1.165) is 42.7 Å². The molecule has 1 aromatic heterocycles. The van der Waals surface area contributed by atoms with Crippen molar-refractivity contribution in [2.24, 2.45) is 0 Å². The quantitative estimate of drug-likeness (QED) is 0.594. The van der Waals surface area contributed by atoms with Crippen molar-refractivity contribution in [3.8, 4) is 0 Å². The van der Waals surface area contributed by atoms with Gasteiger partial charge >= 0.3 is 0 Å². The van der Waals surface area contributed by atoms with E-state index in [4.69, 9.17) is 9.15 Å². The van der Waals surface area contributed by atoms with E-state index in [0.29, 0.717) is 25.3 Å². The Morgan fingerprint density at radius 1 is 1.06 bits per heavy atom. The number of piperidine rings is 1. The summed E-state index contributed by atoms with van der Waals surface area (Å²) in [4.78, 5) is 19.5. The Morgan fingerprint density at radius 2 is 1.82 bits per heavy atom. The van der Waals surface area contributed by atoms with Gasteiger partial charge in [-0.15, -0.1) is 0 Å². The Labute approximate surface area is 193 Å². The summed E-state index contributed by atoms with van der Waals surface area (Å²) in [5.41, 5.74) is 2.12. The highest BCUT2D eigenvalue weighted by atomic mass is 32.2. The van der Waals surface area contributed by atoms with Gasteiger partial charge in [0.15, 0.2) is 11.5 Å². The van der Waals surface area contributed by atoms with Crippen LogP contribution in [-0.4, -0.2) is 56.6 Å². The molecular weight excluding hydrogens is 442 g/mol. The standard InChI is InChI=1S/C24H27N3O5S/c28-24(18-7-9-20(10-8-18)33(29,30)25-16-19-4-3-15-31-19)27-13-11-17(12-14-27)23-26-21-5-1-2-6-22(21)32-23/h1-2,5-10,17,19,25H,3-4,11-16H2/t19-/m1/s1. The molecule has 1 N–H and O–H groups in total. The number of amides is 1. The number of benzene rings is 2. The van der Waals surface area contributed by atoms with Crippen LogP contribution in [0.2, 0.25) is 0 Å². The van der Waals surface area contributed by atoms with E-state index < -0.39 is 10.0 Å². The number of carbonyl (C=O) groups is 1. The first kappa shape index (κ1) is 22.1. The number of aromatic nitrogens is 1. The van der Waals surface area contributed by atoms with Gasteiger partial charge in [-0.3, -0.25) is 4.79 Å². The highest BCUT2D eigenvalue weighted by Gasteiger charge is 2.28. The first-order valence-electron chi connectivity index (χ1n) is 11.4. The number of carbonyl (C=O) groups excluding carboxylic acids is 1. The molecule has 2 aliphatic rings. The summed E-state index contributed by atoms with van der Waals surface area (Å²) in [5, 5.41) is 0. The second-order valence-electron chi connectivity index (χ2n) is 8.60. The zero-order chi connectivity index (χ0) is 22.8. The molecule has 3 aromatic rings. The van der Waals surface area contributed by atoms with E-state index in [9.17, 15) is 13.2 Å². The number of fused-ring (bicyclic) bond motifs is 1. The second kappa shape index (κ2) is 9.24. The number of sulfonamides is 1. The predicted octanol–water partition coefficient (Wildman–Crippen LogP) is 3.30. The van der Waals surface area contributed by atoms with Gasteiger partial charge in [0.1, 0.15) is 5.52 Å². The summed E-state index contributed by atoms with van der Waals surface area (Å²) in [7, 11) is -3.64. The van der Waals surface area contributed by atoms with Crippen LogP contribution < -0.4 is 4.72 Å². The third-order valence-electron chi connectivity index (χ3n) is 6.38. The third kappa shape index (κ3) is 4.80. The molecule has 0 bridgehead atoms. The largest absolute Gasteiger partial charge is 0.440 e. The monoisotopic (exact) mass is 469 g/mol. The number of likely N-dealkylation sites (tertiary alicyclic amines) is 1. The summed E-state index contributed by atoms with van der Waals surface area (Å²) < 4.78 is 39.0. The van der Waals surface area contributed by atoms with Crippen molar-refractivity contribution in [1.82, 2.24) is 14.6 Å². The van der Waals surface area contributed by atoms with Crippen LogP contribution in [0.1, 0.15) is 47.8 Å². The van der Waals surface area contributed by atoms with Gasteiger partial charge in [-0.25, -0.2) is 18.1 Å². The fourth-order valence-electron chi connectivity index (χ4n) is 4.44. The lowest BCUT2D eigenvalue weighted by Gasteiger charge is -2.30. The third-order valence-corrected chi connectivity index (χ3v) is 7.82. The fourth-order valence-corrected chi connectivity index (χ4v) is 5.51. The molecule has 0 radical (unpaired) electrons. The van der Waals surface area contributed by atoms with Crippen LogP contribution in [-0.2, 0) is 14.8 Å². The number of rotatable bonds is 6. The van der Waals surface area contributed by atoms with Crippen molar-refractivity contribution in [1.29, 1.82) is 0 Å². The van der Waals surface area contributed by atoms with Gasteiger partial charge in [0.25, 0.3) is 5.91 Å². The average Bonchev–Trinajstić information content (AvgIpc) is 3.52. The number of nitrogens with one attached hydrogen (secondary N) is 1. The lowest BCUT2D eigenvalue weighted by molar-refractivity contribution is 0.0706. The first-order chi connectivity index (χ1) is 16.0. The zero-order valence-electron chi connectivity index (χ0n) is 18.3. The van der Waals surface area contributed by atoms with E-state index in [1.54, 1.807) is 17.0 Å². The molecule has 3 heterocycles. The van der Waals surface area contributed by atoms with Crippen LogP contribution >= 0.6 is 0 Å². The van der Waals surface area contributed by atoms with Crippen molar-refractivity contribution in [2.75, 3.05) is 26.2 Å². The van der Waals surface area contributed by atoms with Crippen molar-refractivity contribution in [2.45, 2.75) is 42.6 Å². The summed E-state index contributed by atoms with van der Waals surface area (Å²) in [6.45, 7) is 2.14. The van der Waals surface area contributed by atoms with Crippen LogP contribution in [0.4, 0.5) is 0 Å². The molecule has 0 unspecified atom stereocenters. The van der Waals surface area contributed by atoms with Crippen LogP contribution in [0.5, 0.6) is 0 Å². The van der Waals surface area contributed by atoms with Gasteiger partial charge in [-0.2, -0.15) is 0 Å². The maximum Gasteiger partial charge on any atom is 0.253 e. The number of nitrogens with zero attached hydrogens (tertiary/aromatic N) is 2. The van der Waals surface area contributed by atoms with Crippen LogP contribution in [0, 0.1) is 0 Å². The minimum Gasteiger partial charge on any atom is -0.440 e. The topological polar surface area (TPSA) is 102 Å². The highest BCUT2D eigenvalue weighted by Crippen LogP contribution is 2.30. The molecule has 33 heavy (non-hydrogen) atoms. The van der Waals surface area contributed by atoms with Crippen LogP contribution in [0.3, 0.4) is 0 Å². The number of hydrogen-bond donors (Lipinski definition) is 1. The van der Waals surface area contributed by atoms with Crippen LogP contribution in [0.15, 0.2) is 57.8 Å². The second-order valence-corrected chi connectivity index (χ2v) is 10.4. The Kier molecular flexibility index (Phi) is 6.18. The summed E-state index contributed by atoms with van der Waals surface area (Å²) >= 11 is 0. The fraction of sp³-hybridized carbons (Fsp3) is 0.417. The molecular formula is C24H27N3O5S. The minimum atomic E-state index is -3.64. The van der Waals surface area contributed by atoms with E-state index >= 15 is 0 Å². The molecule has 0 spiro atoms. The molecule has 5 rings (SSSR count). The Balaban J connectivity index is 1.18. The number of para-hydroxylation sites is 2. The molecule has 174 valence electrons. The average molecular weight is 470 g/mol. The molecule has 0 aliphatic carbocycles. The van der Waals surface area contributed by atoms with Gasteiger partial charge in [-0.1, -0.05) is 12.1 Å². The van der Waals surface area contributed by atoms with Crippen molar-refractivity contribution in [3.63, 3.8) is 0 Å². The van der Waals surface area contributed by atoms with Crippen LogP contribution in [0.25, 0.3) is 11.1 Å². The molecule has 8 nitrogen and oxygen atoms in total. The molecule has 2 aromatic carbocycles. The normalized spacial score (nSPS) is 19.9. The van der Waals surface area contributed by atoms with Gasteiger partial charge in [0, 0.05) is 37.7 Å². The SMILES string of the molecule is O=C(c1ccc(S(=O)(=O)NC[C@H]2CCCO2)cc1)N1CCC(c2nc3ccccc3o2)CC1. The minimum absolute atomic E-state index is 0.0710. The summed E-state index contributed by atoms with van der Waals surface area (Å²) in [6.07, 6.45) is 3.29. The van der Waals surface area contributed by atoms with Gasteiger partial charge in [0.2, 0.25) is 10.0 Å². The van der Waals surface area contributed by atoms with Crippen molar-refractivity contribution in [3.05, 3.63) is 60.0 Å². The molecule has 2 fully saturated rings. The van der Waals surface area contributed by atoms with E-state index in [1.807, 2.05) is 24.3 Å². The van der Waals surface area contributed by atoms with E-state index in [2.05, 4.69) is 9.71 Å². The molecule has 1 amide bonds. The molecule has 2 saturated heterocycles. The molecule has 9 heteroatoms. The number of oxazole rings is 1. The van der Waals surface area contributed by atoms with Crippen molar-refractivity contribution >= 4 is 27.0 Å². The molecule has 1 atom stereocenters. The molecule has 2 aliphatic heterocycles. The lowest BCUT2D eigenvalue weighted by atomic mass is 9.96.